The van der Waals surface area contributed by atoms with Crippen LogP contribution in [0.15, 0.2) is 52.3 Å². The number of benzene rings is 2. The summed E-state index contributed by atoms with van der Waals surface area (Å²) in [5.74, 6) is 0. The topological polar surface area (TPSA) is 157 Å². The van der Waals surface area contributed by atoms with Crippen molar-refractivity contribution < 1.29 is 89.0 Å². The Bertz CT molecular complexity index is 1660. The number of piperazine rings is 1. The molecule has 0 bridgehead atoms. The number of para-hydroxylation sites is 1. The van der Waals surface area contributed by atoms with Crippen molar-refractivity contribution in [3.8, 4) is 0 Å². The average molecular weight is 1110 g/mol. The zero-order valence-corrected chi connectivity index (χ0v) is 45.9. The molecule has 2 aromatic carbocycles. The van der Waals surface area contributed by atoms with Crippen molar-refractivity contribution in [2.75, 3.05) is 263 Å². The van der Waals surface area contributed by atoms with Crippen LogP contribution in [0.4, 0.5) is 24.5 Å². The molecule has 1 fully saturated rings. The summed E-state index contributed by atoms with van der Waals surface area (Å²) in [6.07, 6.45) is -3.53. The Morgan fingerprint density at radius 1 is 0.368 bits per heavy atom. The molecule has 0 unspecified atom stereocenters. The van der Waals surface area contributed by atoms with Gasteiger partial charge in [-0.15, -0.1) is 0 Å². The van der Waals surface area contributed by atoms with Gasteiger partial charge >= 0.3 is 6.18 Å². The number of ether oxygens (including phenoxy) is 16. The molecule has 0 aromatic heterocycles. The third kappa shape index (κ3) is 32.7. The van der Waals surface area contributed by atoms with E-state index in [9.17, 15) is 13.2 Å². The zero-order valence-electron chi connectivity index (χ0n) is 45.0. The first-order valence-electron chi connectivity index (χ1n) is 26.8. The lowest BCUT2D eigenvalue weighted by molar-refractivity contribution is -0.137. The summed E-state index contributed by atoms with van der Waals surface area (Å²) in [6.45, 7) is 22.0. The van der Waals surface area contributed by atoms with E-state index in [1.165, 1.54) is 23.9 Å². The van der Waals surface area contributed by atoms with E-state index in [0.29, 0.717) is 217 Å². The van der Waals surface area contributed by atoms with Crippen molar-refractivity contribution in [3.63, 3.8) is 0 Å². The number of rotatable bonds is 52. The molecule has 0 amide bonds. The fourth-order valence-corrected chi connectivity index (χ4v) is 8.53. The van der Waals surface area contributed by atoms with Crippen molar-refractivity contribution in [2.45, 2.75) is 22.4 Å². The summed E-state index contributed by atoms with van der Waals surface area (Å²) in [7, 11) is 1.64. The maximum atomic E-state index is 13.6. The molecule has 0 spiro atoms. The molecule has 0 aliphatic carbocycles. The molecule has 0 saturated carbocycles. The number of methoxy groups -OCH3 is 1. The van der Waals surface area contributed by atoms with E-state index >= 15 is 0 Å². The number of anilines is 2. The predicted octanol–water partition coefficient (Wildman–Crippen LogP) is 5.21. The normalized spacial score (nSPS) is 14.2. The number of halogens is 3. The van der Waals surface area contributed by atoms with Crippen LogP contribution in [-0.4, -0.2) is 268 Å². The van der Waals surface area contributed by atoms with Crippen LogP contribution >= 0.6 is 11.8 Å². The lowest BCUT2D eigenvalue weighted by atomic mass is 10.1. The molecule has 4 rings (SSSR count). The Hall–Kier alpha value is -2.34. The lowest BCUT2D eigenvalue weighted by Crippen LogP contribution is -2.47. The van der Waals surface area contributed by atoms with Crippen LogP contribution in [0.5, 0.6) is 0 Å². The minimum atomic E-state index is -4.38. The first-order valence-corrected chi connectivity index (χ1v) is 27.6. The first-order chi connectivity index (χ1) is 37.5. The first kappa shape index (κ1) is 66.2. The van der Waals surface area contributed by atoms with Gasteiger partial charge in [0.05, 0.1) is 222 Å². The molecule has 0 radical (unpaired) electrons. The Labute approximate surface area is 453 Å². The third-order valence-corrected chi connectivity index (χ3v) is 12.6. The van der Waals surface area contributed by atoms with E-state index in [1.54, 1.807) is 13.2 Å². The Morgan fingerprint density at radius 3 is 1.04 bits per heavy atom. The predicted molar refractivity (Wildman–Crippen MR) is 281 cm³/mol. The number of nitrogens with zero attached hydrogens (tertiary/aromatic N) is 3. The molecule has 0 atom stereocenters. The van der Waals surface area contributed by atoms with Crippen molar-refractivity contribution >= 4 is 23.1 Å². The molecule has 2 aliphatic heterocycles. The standard InChI is InChI=1S/C53H88F3N3O16S/c1-60-17-18-62-21-22-64-25-26-66-29-30-68-33-34-70-37-38-72-41-42-74-45-46-75-44-43-73-40-39-71-36-35-69-32-31-67-28-27-65-24-23-63-20-19-61-16-15-58-13-11-57(12-14-58)9-4-10-59-49-5-2-3-6-51(49)76-52-8-7-48(47-50(52)59)53(54,55)56/h2-3,5-8,47H,4,9-46H2,1H3. The molecule has 23 heteroatoms. The number of hydrogen-bond acceptors (Lipinski definition) is 20. The highest BCUT2D eigenvalue weighted by Crippen LogP contribution is 2.49. The van der Waals surface area contributed by atoms with Gasteiger partial charge in [0.15, 0.2) is 0 Å². The van der Waals surface area contributed by atoms with Gasteiger partial charge in [0.1, 0.15) is 0 Å². The minimum absolute atomic E-state index is 0.482. The van der Waals surface area contributed by atoms with E-state index in [2.05, 4.69) is 14.7 Å². The van der Waals surface area contributed by atoms with E-state index in [-0.39, 0.29) is 0 Å². The maximum absolute atomic E-state index is 13.6. The summed E-state index contributed by atoms with van der Waals surface area (Å²) in [5, 5.41) is 0. The van der Waals surface area contributed by atoms with E-state index < -0.39 is 11.7 Å². The quantitative estimate of drug-likeness (QED) is 0.0795. The second-order valence-corrected chi connectivity index (χ2v) is 18.2. The molecule has 0 N–H and O–H groups in total. The van der Waals surface area contributed by atoms with Gasteiger partial charge in [-0.25, -0.2) is 0 Å². The highest BCUT2D eigenvalue weighted by Gasteiger charge is 2.33. The Morgan fingerprint density at radius 2 is 0.684 bits per heavy atom. The molecular formula is C53H88F3N3O16S. The Balaban J connectivity index is 0.775. The molecule has 1 saturated heterocycles. The second kappa shape index (κ2) is 45.4. The maximum Gasteiger partial charge on any atom is 0.416 e. The molecule has 2 aliphatic rings. The highest BCUT2D eigenvalue weighted by atomic mass is 32.2. The van der Waals surface area contributed by atoms with Crippen molar-refractivity contribution in [3.05, 3.63) is 48.0 Å². The van der Waals surface area contributed by atoms with Gasteiger partial charge in [0, 0.05) is 56.2 Å². The van der Waals surface area contributed by atoms with Gasteiger partial charge in [0.25, 0.3) is 0 Å². The molecule has 2 heterocycles. The molecule has 438 valence electrons. The molecule has 76 heavy (non-hydrogen) atoms. The van der Waals surface area contributed by atoms with Gasteiger partial charge < -0.3 is 85.6 Å². The van der Waals surface area contributed by atoms with Gasteiger partial charge in [-0.2, -0.15) is 13.2 Å². The van der Waals surface area contributed by atoms with Crippen LogP contribution in [0.2, 0.25) is 0 Å². The summed E-state index contributed by atoms with van der Waals surface area (Å²) in [4.78, 5) is 8.81. The monoisotopic (exact) mass is 1110 g/mol. The van der Waals surface area contributed by atoms with Crippen LogP contribution in [0.25, 0.3) is 0 Å². The highest BCUT2D eigenvalue weighted by molar-refractivity contribution is 7.99. The fraction of sp³-hybridized carbons (Fsp3) is 0.774. The molecule has 2 aromatic rings. The van der Waals surface area contributed by atoms with Crippen molar-refractivity contribution in [1.82, 2.24) is 9.80 Å². The number of hydrogen-bond donors (Lipinski definition) is 0. The van der Waals surface area contributed by atoms with E-state index in [0.717, 1.165) is 61.2 Å². The molecular weight excluding hydrogens is 1020 g/mol. The average Bonchev–Trinajstić information content (AvgIpc) is 3.44. The second-order valence-electron chi connectivity index (χ2n) is 17.1. The fourth-order valence-electron chi connectivity index (χ4n) is 7.45. The summed E-state index contributed by atoms with van der Waals surface area (Å²) < 4.78 is 129. The van der Waals surface area contributed by atoms with Gasteiger partial charge in [-0.1, -0.05) is 23.9 Å². The third-order valence-electron chi connectivity index (χ3n) is 11.5. The lowest BCUT2D eigenvalue weighted by Gasteiger charge is -2.36. The Kier molecular flexibility index (Phi) is 39.5. The summed E-state index contributed by atoms with van der Waals surface area (Å²) in [6, 6.07) is 12.0. The van der Waals surface area contributed by atoms with Crippen LogP contribution in [0.1, 0.15) is 12.0 Å². The largest absolute Gasteiger partial charge is 0.416 e. The van der Waals surface area contributed by atoms with Gasteiger partial charge in [-0.3, -0.25) is 4.90 Å². The number of fused-ring (bicyclic) bond motifs is 2. The van der Waals surface area contributed by atoms with Gasteiger partial charge in [-0.05, 0) is 43.3 Å². The van der Waals surface area contributed by atoms with Crippen LogP contribution < -0.4 is 4.90 Å². The van der Waals surface area contributed by atoms with Crippen LogP contribution in [-0.2, 0) is 82.0 Å². The van der Waals surface area contributed by atoms with Gasteiger partial charge in [0.2, 0.25) is 0 Å². The minimum Gasteiger partial charge on any atom is -0.382 e. The zero-order chi connectivity index (χ0) is 53.7. The summed E-state index contributed by atoms with van der Waals surface area (Å²) >= 11 is 1.52. The van der Waals surface area contributed by atoms with Crippen molar-refractivity contribution in [2.24, 2.45) is 0 Å². The molecule has 19 nitrogen and oxygen atoms in total. The van der Waals surface area contributed by atoms with Crippen LogP contribution in [0, 0.1) is 0 Å². The smallest absolute Gasteiger partial charge is 0.382 e. The SMILES string of the molecule is COCCOCCOCCOCCOCCOCCOCCOCCOCCOCCOCCOCCOCCOCCOCCOCCN1CCN(CCCN2c3ccccc3Sc3ccc(C(F)(F)F)cc32)CC1. The van der Waals surface area contributed by atoms with Crippen LogP contribution in [0.3, 0.4) is 0 Å². The van der Waals surface area contributed by atoms with E-state index in [4.69, 9.17) is 75.8 Å². The summed E-state index contributed by atoms with van der Waals surface area (Å²) in [5.41, 5.74) is 0.978. The number of alkyl halides is 3. The van der Waals surface area contributed by atoms with Crippen molar-refractivity contribution in [1.29, 1.82) is 0 Å². The van der Waals surface area contributed by atoms with E-state index in [1.807, 2.05) is 24.3 Å².